The van der Waals surface area contributed by atoms with Gasteiger partial charge in [0, 0.05) is 42.8 Å². The van der Waals surface area contributed by atoms with Crippen molar-refractivity contribution in [2.75, 3.05) is 30.9 Å². The highest BCUT2D eigenvalue weighted by molar-refractivity contribution is 7.89. The minimum atomic E-state index is -3.49. The minimum absolute atomic E-state index is 0.0261. The molecule has 36 heavy (non-hydrogen) atoms. The van der Waals surface area contributed by atoms with Crippen molar-refractivity contribution in [1.82, 2.24) is 14.5 Å². The maximum absolute atomic E-state index is 12.8. The number of methoxy groups -OCH3 is 1. The van der Waals surface area contributed by atoms with Crippen LogP contribution in [0.4, 0.5) is 5.69 Å². The first-order valence-corrected chi connectivity index (χ1v) is 13.6. The smallest absolute Gasteiger partial charge is 0.328 e. The molecule has 3 N–H and O–H groups in total. The van der Waals surface area contributed by atoms with E-state index in [-0.39, 0.29) is 17.1 Å². The summed E-state index contributed by atoms with van der Waals surface area (Å²) in [5, 5.41) is 5.95. The van der Waals surface area contributed by atoms with E-state index in [4.69, 9.17) is 14.9 Å². The Kier molecular flexibility index (Phi) is 6.74. The van der Waals surface area contributed by atoms with Crippen LogP contribution in [-0.2, 0) is 22.5 Å². The molecule has 4 rings (SSSR count). The van der Waals surface area contributed by atoms with E-state index in [1.54, 1.807) is 20.4 Å². The van der Waals surface area contributed by atoms with Crippen LogP contribution < -0.4 is 26.0 Å². The first kappa shape index (κ1) is 25.9. The van der Waals surface area contributed by atoms with E-state index < -0.39 is 21.3 Å². The van der Waals surface area contributed by atoms with Crippen LogP contribution in [0.2, 0.25) is 0 Å². The Morgan fingerprint density at radius 1 is 1.22 bits per heavy atom. The van der Waals surface area contributed by atoms with Gasteiger partial charge in [-0.1, -0.05) is 20.8 Å². The normalized spacial score (nSPS) is 16.6. The van der Waals surface area contributed by atoms with Gasteiger partial charge in [-0.25, -0.2) is 18.4 Å². The number of H-pyrrole nitrogens is 1. The van der Waals surface area contributed by atoms with Crippen LogP contribution in [0.15, 0.2) is 34.1 Å². The largest absolute Gasteiger partial charge is 0.496 e. The lowest BCUT2D eigenvalue weighted by Gasteiger charge is -2.26. The zero-order valence-corrected chi connectivity index (χ0v) is 22.1. The number of sulfonamides is 1. The van der Waals surface area contributed by atoms with E-state index in [2.05, 4.69) is 30.7 Å². The van der Waals surface area contributed by atoms with Crippen molar-refractivity contribution in [1.29, 1.82) is 0 Å². The van der Waals surface area contributed by atoms with Crippen molar-refractivity contribution in [3.63, 3.8) is 0 Å². The number of ether oxygens (including phenoxy) is 1. The fraction of sp³-hybridized carbons (Fsp3) is 0.480. The van der Waals surface area contributed by atoms with E-state index in [0.717, 1.165) is 29.6 Å². The average Bonchev–Trinajstić information content (AvgIpc) is 3.27. The van der Waals surface area contributed by atoms with Gasteiger partial charge >= 0.3 is 5.69 Å². The number of anilines is 1. The van der Waals surface area contributed by atoms with Gasteiger partial charge in [0.05, 0.1) is 35.8 Å². The molecule has 0 amide bonds. The van der Waals surface area contributed by atoms with Gasteiger partial charge in [-0.15, -0.1) is 0 Å². The second-order valence-electron chi connectivity index (χ2n) is 10.5. The van der Waals surface area contributed by atoms with E-state index in [1.165, 1.54) is 10.8 Å². The van der Waals surface area contributed by atoms with Gasteiger partial charge in [0.2, 0.25) is 10.0 Å². The second kappa shape index (κ2) is 9.36. The lowest BCUT2D eigenvalue weighted by Crippen LogP contribution is -2.28. The Hall–Kier alpha value is -3.18. The number of nitrogens with two attached hydrogens (primary N) is 1. The molecule has 194 valence electrons. The van der Waals surface area contributed by atoms with Gasteiger partial charge in [0.25, 0.3) is 5.56 Å². The summed E-state index contributed by atoms with van der Waals surface area (Å²) in [5.74, 6) is 0.880. The van der Waals surface area contributed by atoms with Crippen molar-refractivity contribution < 1.29 is 13.2 Å². The van der Waals surface area contributed by atoms with Crippen molar-refractivity contribution in [3.8, 4) is 16.9 Å². The maximum atomic E-state index is 12.8. The number of benzene rings is 1. The summed E-state index contributed by atoms with van der Waals surface area (Å²) in [5.41, 5.74) is 2.09. The topological polar surface area (TPSA) is 140 Å². The van der Waals surface area contributed by atoms with E-state index in [1.807, 2.05) is 12.1 Å². The number of primary sulfonamides is 1. The number of nitrogens with one attached hydrogen (secondary N) is 1. The molecule has 0 saturated carbocycles. The second-order valence-corrected chi connectivity index (χ2v) is 12.2. The van der Waals surface area contributed by atoms with Gasteiger partial charge in [-0.3, -0.25) is 14.8 Å². The third-order valence-electron chi connectivity index (χ3n) is 6.78. The molecule has 10 nitrogen and oxygen atoms in total. The third kappa shape index (κ3) is 5.17. The molecule has 0 spiro atoms. The minimum Gasteiger partial charge on any atom is -0.496 e. The van der Waals surface area contributed by atoms with Crippen molar-refractivity contribution in [3.05, 3.63) is 50.9 Å². The molecule has 1 atom stereocenters. The summed E-state index contributed by atoms with van der Waals surface area (Å²) in [6, 6.07) is 3.93. The van der Waals surface area contributed by atoms with Crippen LogP contribution >= 0.6 is 0 Å². The fourth-order valence-electron chi connectivity index (χ4n) is 4.81. The first-order chi connectivity index (χ1) is 16.8. The van der Waals surface area contributed by atoms with Crippen LogP contribution in [0, 0.1) is 5.92 Å². The van der Waals surface area contributed by atoms with E-state index >= 15 is 0 Å². The molecule has 1 aliphatic rings. The summed E-state index contributed by atoms with van der Waals surface area (Å²) in [6.07, 6.45) is 4.68. The number of hydrogen-bond acceptors (Lipinski definition) is 7. The zero-order chi connectivity index (χ0) is 26.4. The zero-order valence-electron chi connectivity index (χ0n) is 21.3. The molecule has 1 saturated heterocycles. The maximum Gasteiger partial charge on any atom is 0.328 e. The SMILES string of the molecule is COc1c(C(C)(C)C)cc(-c2cn(C)c(=O)[nH]c2=O)c2ncc(N3CC[C@@H](CCS(N)(=O)=O)C3)cc12. The molecule has 1 aliphatic heterocycles. The number of aryl methyl sites for hydroxylation is 1. The monoisotopic (exact) mass is 515 g/mol. The Balaban J connectivity index is 1.86. The number of aromatic amines is 1. The summed E-state index contributed by atoms with van der Waals surface area (Å²) >= 11 is 0. The molecule has 3 aromatic rings. The quantitative estimate of drug-likeness (QED) is 0.512. The van der Waals surface area contributed by atoms with E-state index in [9.17, 15) is 18.0 Å². The van der Waals surface area contributed by atoms with Crippen molar-refractivity contribution >= 4 is 26.6 Å². The Labute approximate surface area is 210 Å². The third-order valence-corrected chi connectivity index (χ3v) is 7.58. The Morgan fingerprint density at radius 2 is 1.94 bits per heavy atom. The van der Waals surface area contributed by atoms with Gasteiger partial charge in [-0.05, 0) is 36.3 Å². The molecular weight excluding hydrogens is 482 g/mol. The highest BCUT2D eigenvalue weighted by Gasteiger charge is 2.28. The highest BCUT2D eigenvalue weighted by Crippen LogP contribution is 2.42. The molecule has 11 heteroatoms. The van der Waals surface area contributed by atoms with E-state index in [0.29, 0.717) is 35.4 Å². The highest BCUT2D eigenvalue weighted by atomic mass is 32.2. The molecule has 0 bridgehead atoms. The van der Waals surface area contributed by atoms with Crippen molar-refractivity contribution in [2.45, 2.75) is 39.0 Å². The number of pyridine rings is 1. The van der Waals surface area contributed by atoms with Gasteiger partial charge in [0.15, 0.2) is 0 Å². The standard InChI is InChI=1S/C25H33N5O5S/c1-25(2,3)20-11-17(19-14-29(4)24(32)28-23(19)31)21-18(22(20)35-5)10-16(12-27-21)30-8-6-15(13-30)7-9-36(26,33)34/h10-12,14-15H,6-9,13H2,1-5H3,(H2,26,33,34)(H,28,31,32)/t15-/m0/s1. The molecule has 1 aromatic carbocycles. The predicted molar refractivity (Wildman–Crippen MR) is 141 cm³/mol. The summed E-state index contributed by atoms with van der Waals surface area (Å²) in [7, 11) is -0.281. The molecule has 3 heterocycles. The van der Waals surface area contributed by atoms with Crippen LogP contribution in [0.3, 0.4) is 0 Å². The number of nitrogens with zero attached hydrogens (tertiary/aromatic N) is 3. The molecule has 1 fully saturated rings. The lowest BCUT2D eigenvalue weighted by molar-refractivity contribution is 0.402. The number of fused-ring (bicyclic) bond motifs is 1. The fourth-order valence-corrected chi connectivity index (χ4v) is 5.47. The van der Waals surface area contributed by atoms with Crippen molar-refractivity contribution in [2.24, 2.45) is 18.1 Å². The van der Waals surface area contributed by atoms with Crippen LogP contribution in [-0.4, -0.2) is 48.9 Å². The molecule has 0 radical (unpaired) electrons. The molecule has 0 unspecified atom stereocenters. The summed E-state index contributed by atoms with van der Waals surface area (Å²) in [6.45, 7) is 7.69. The average molecular weight is 516 g/mol. The van der Waals surface area contributed by atoms with Gasteiger partial charge < -0.3 is 14.2 Å². The number of hydrogen-bond donors (Lipinski definition) is 2. The Bertz CT molecular complexity index is 1540. The summed E-state index contributed by atoms with van der Waals surface area (Å²) in [4.78, 5) is 34.1. The lowest BCUT2D eigenvalue weighted by atomic mass is 9.83. The number of rotatable bonds is 6. The van der Waals surface area contributed by atoms with Crippen LogP contribution in [0.25, 0.3) is 22.0 Å². The summed E-state index contributed by atoms with van der Waals surface area (Å²) < 4.78 is 30.0. The predicted octanol–water partition coefficient (Wildman–Crippen LogP) is 2.10. The molecule has 0 aliphatic carbocycles. The van der Waals surface area contributed by atoms with Crippen LogP contribution in [0.1, 0.15) is 39.2 Å². The molecule has 2 aromatic heterocycles. The Morgan fingerprint density at radius 3 is 2.58 bits per heavy atom. The number of aromatic nitrogens is 3. The van der Waals surface area contributed by atoms with Crippen LogP contribution in [0.5, 0.6) is 5.75 Å². The molecular formula is C25H33N5O5S. The van der Waals surface area contributed by atoms with Gasteiger partial charge in [-0.2, -0.15) is 0 Å². The first-order valence-electron chi connectivity index (χ1n) is 11.9. The van der Waals surface area contributed by atoms with Gasteiger partial charge in [0.1, 0.15) is 5.75 Å².